The summed E-state index contributed by atoms with van der Waals surface area (Å²) in [5.41, 5.74) is 5.99. The largest absolute Gasteiger partial charge is 0.323 e. The summed E-state index contributed by atoms with van der Waals surface area (Å²) in [6.45, 7) is 4.23. The fourth-order valence-electron chi connectivity index (χ4n) is 2.26. The maximum absolute atomic E-state index is 4.48. The first-order chi connectivity index (χ1) is 8.25. The van der Waals surface area contributed by atoms with Crippen LogP contribution in [0, 0.1) is 13.8 Å². The van der Waals surface area contributed by atoms with Gasteiger partial charge in [0.25, 0.3) is 0 Å². The molecule has 0 radical (unpaired) electrons. The Kier molecular flexibility index (Phi) is 2.22. The van der Waals surface area contributed by atoms with Gasteiger partial charge in [0, 0.05) is 24.2 Å². The second-order valence-electron chi connectivity index (χ2n) is 4.40. The van der Waals surface area contributed by atoms with Gasteiger partial charge in [0.2, 0.25) is 0 Å². The van der Waals surface area contributed by atoms with E-state index in [1.807, 2.05) is 18.3 Å². The first-order valence-electron chi connectivity index (χ1n) is 5.75. The normalized spacial score (nSPS) is 10.9. The molecule has 0 spiro atoms. The molecule has 0 atom stereocenters. The van der Waals surface area contributed by atoms with Crippen LogP contribution in [0.4, 0.5) is 0 Å². The molecular formula is C15H14N2. The van der Waals surface area contributed by atoms with E-state index in [1.54, 1.807) is 0 Å². The molecule has 0 amide bonds. The van der Waals surface area contributed by atoms with Crippen LogP contribution in [0.1, 0.15) is 11.1 Å². The molecule has 0 N–H and O–H groups in total. The van der Waals surface area contributed by atoms with Crippen LogP contribution in [-0.2, 0) is 0 Å². The van der Waals surface area contributed by atoms with Gasteiger partial charge in [0.05, 0.1) is 11.2 Å². The minimum Gasteiger partial charge on any atom is -0.323 e. The standard InChI is InChI=1S/C15H14N2/c1-11-6-7-16-13(9-11)15-12(2)10-17-8-4-3-5-14(15)17/h3-10H,1-2H3. The van der Waals surface area contributed by atoms with E-state index in [0.29, 0.717) is 0 Å². The van der Waals surface area contributed by atoms with Crippen LogP contribution in [0.15, 0.2) is 48.9 Å². The van der Waals surface area contributed by atoms with E-state index >= 15 is 0 Å². The van der Waals surface area contributed by atoms with E-state index in [4.69, 9.17) is 0 Å². The first kappa shape index (κ1) is 10.1. The van der Waals surface area contributed by atoms with E-state index in [0.717, 1.165) is 5.69 Å². The van der Waals surface area contributed by atoms with E-state index in [9.17, 15) is 0 Å². The second kappa shape index (κ2) is 3.74. The molecule has 0 unspecified atom stereocenters. The minimum absolute atomic E-state index is 1.05. The number of rotatable bonds is 1. The predicted molar refractivity (Wildman–Crippen MR) is 70.1 cm³/mol. The van der Waals surface area contributed by atoms with Crippen LogP contribution < -0.4 is 0 Å². The van der Waals surface area contributed by atoms with Crippen LogP contribution >= 0.6 is 0 Å². The highest BCUT2D eigenvalue weighted by atomic mass is 14.9. The molecule has 3 rings (SSSR count). The van der Waals surface area contributed by atoms with Crippen LogP contribution in [0.5, 0.6) is 0 Å². The van der Waals surface area contributed by atoms with Gasteiger partial charge in [-0.05, 0) is 49.2 Å². The molecule has 17 heavy (non-hydrogen) atoms. The summed E-state index contributed by atoms with van der Waals surface area (Å²) >= 11 is 0. The molecule has 3 aromatic rings. The number of hydrogen-bond donors (Lipinski definition) is 0. The molecule has 0 aliphatic heterocycles. The lowest BCUT2D eigenvalue weighted by molar-refractivity contribution is 1.19. The Morgan fingerprint density at radius 2 is 2.00 bits per heavy atom. The molecule has 0 saturated heterocycles. The molecule has 2 nitrogen and oxygen atoms in total. The van der Waals surface area contributed by atoms with Gasteiger partial charge in [-0.2, -0.15) is 0 Å². The van der Waals surface area contributed by atoms with Gasteiger partial charge in [0.15, 0.2) is 0 Å². The van der Waals surface area contributed by atoms with Crippen molar-refractivity contribution in [1.29, 1.82) is 0 Å². The maximum atomic E-state index is 4.48. The fourth-order valence-corrected chi connectivity index (χ4v) is 2.26. The van der Waals surface area contributed by atoms with Gasteiger partial charge in [-0.1, -0.05) is 6.07 Å². The van der Waals surface area contributed by atoms with Crippen LogP contribution in [0.25, 0.3) is 16.8 Å². The monoisotopic (exact) mass is 222 g/mol. The number of hydrogen-bond acceptors (Lipinski definition) is 1. The zero-order valence-corrected chi connectivity index (χ0v) is 10.0. The van der Waals surface area contributed by atoms with Crippen molar-refractivity contribution in [1.82, 2.24) is 9.38 Å². The Hall–Kier alpha value is -2.09. The Bertz CT molecular complexity index is 680. The van der Waals surface area contributed by atoms with Gasteiger partial charge < -0.3 is 4.40 Å². The molecule has 84 valence electrons. The Balaban J connectivity index is 2.33. The molecule has 0 aromatic carbocycles. The third kappa shape index (κ3) is 1.62. The zero-order chi connectivity index (χ0) is 11.8. The highest BCUT2D eigenvalue weighted by Crippen LogP contribution is 2.28. The third-order valence-electron chi connectivity index (χ3n) is 3.04. The highest BCUT2D eigenvalue weighted by molar-refractivity contribution is 5.82. The van der Waals surface area contributed by atoms with Gasteiger partial charge in [-0.25, -0.2) is 0 Å². The van der Waals surface area contributed by atoms with Crippen LogP contribution in [0.2, 0.25) is 0 Å². The van der Waals surface area contributed by atoms with E-state index in [-0.39, 0.29) is 0 Å². The number of fused-ring (bicyclic) bond motifs is 1. The highest BCUT2D eigenvalue weighted by Gasteiger charge is 2.10. The molecule has 0 saturated carbocycles. The number of nitrogens with zero attached hydrogens (tertiary/aromatic N) is 2. The van der Waals surface area contributed by atoms with Crippen molar-refractivity contribution in [3.05, 3.63) is 60.0 Å². The molecule has 0 aliphatic rings. The fraction of sp³-hybridized carbons (Fsp3) is 0.133. The quantitative estimate of drug-likeness (QED) is 0.614. The summed E-state index contributed by atoms with van der Waals surface area (Å²) < 4.78 is 2.15. The minimum atomic E-state index is 1.05. The zero-order valence-electron chi connectivity index (χ0n) is 10.0. The van der Waals surface area contributed by atoms with Gasteiger partial charge >= 0.3 is 0 Å². The SMILES string of the molecule is Cc1ccnc(-c2c(C)cn3ccccc23)c1. The molecule has 0 aliphatic carbocycles. The van der Waals surface area contributed by atoms with Crippen molar-refractivity contribution in [3.8, 4) is 11.3 Å². The van der Waals surface area contributed by atoms with Crippen LogP contribution in [0.3, 0.4) is 0 Å². The number of aryl methyl sites for hydroxylation is 2. The lowest BCUT2D eigenvalue weighted by atomic mass is 10.1. The Morgan fingerprint density at radius 1 is 1.12 bits per heavy atom. The van der Waals surface area contributed by atoms with Crippen molar-refractivity contribution < 1.29 is 0 Å². The molecule has 0 fully saturated rings. The van der Waals surface area contributed by atoms with Gasteiger partial charge in [0.1, 0.15) is 0 Å². The van der Waals surface area contributed by atoms with Crippen molar-refractivity contribution in [3.63, 3.8) is 0 Å². The first-order valence-corrected chi connectivity index (χ1v) is 5.75. The van der Waals surface area contributed by atoms with Crippen molar-refractivity contribution in [2.24, 2.45) is 0 Å². The molecular weight excluding hydrogens is 208 g/mol. The third-order valence-corrected chi connectivity index (χ3v) is 3.04. The molecule has 2 heteroatoms. The Labute approximate surface area is 101 Å². The predicted octanol–water partition coefficient (Wildman–Crippen LogP) is 3.62. The number of pyridine rings is 2. The topological polar surface area (TPSA) is 17.3 Å². The van der Waals surface area contributed by atoms with E-state index in [2.05, 4.69) is 53.8 Å². The van der Waals surface area contributed by atoms with Crippen molar-refractivity contribution >= 4 is 5.52 Å². The smallest absolute Gasteiger partial charge is 0.0728 e. The second-order valence-corrected chi connectivity index (χ2v) is 4.40. The molecule has 3 aromatic heterocycles. The van der Waals surface area contributed by atoms with Gasteiger partial charge in [-0.3, -0.25) is 4.98 Å². The van der Waals surface area contributed by atoms with Crippen molar-refractivity contribution in [2.45, 2.75) is 13.8 Å². The van der Waals surface area contributed by atoms with Gasteiger partial charge in [-0.15, -0.1) is 0 Å². The van der Waals surface area contributed by atoms with Crippen LogP contribution in [-0.4, -0.2) is 9.38 Å². The summed E-state index contributed by atoms with van der Waals surface area (Å²) in [6, 6.07) is 10.4. The molecule has 0 bridgehead atoms. The lowest BCUT2D eigenvalue weighted by Crippen LogP contribution is -1.86. The maximum Gasteiger partial charge on any atom is 0.0728 e. The summed E-state index contributed by atoms with van der Waals surface area (Å²) in [5.74, 6) is 0. The van der Waals surface area contributed by atoms with Crippen molar-refractivity contribution in [2.75, 3.05) is 0 Å². The summed E-state index contributed by atoms with van der Waals surface area (Å²) in [6.07, 6.45) is 6.09. The van der Waals surface area contributed by atoms with E-state index in [1.165, 1.54) is 22.2 Å². The summed E-state index contributed by atoms with van der Waals surface area (Å²) in [4.78, 5) is 4.48. The summed E-state index contributed by atoms with van der Waals surface area (Å²) in [7, 11) is 0. The molecule has 3 heterocycles. The lowest BCUT2D eigenvalue weighted by Gasteiger charge is -2.02. The average Bonchev–Trinajstić information content (AvgIpc) is 2.64. The average molecular weight is 222 g/mol. The summed E-state index contributed by atoms with van der Waals surface area (Å²) in [5, 5.41) is 0. The Morgan fingerprint density at radius 3 is 2.82 bits per heavy atom. The number of aromatic nitrogens is 2. The van der Waals surface area contributed by atoms with E-state index < -0.39 is 0 Å².